The number of hydrogen-bond donors (Lipinski definition) is 1. The maximum Gasteiger partial charge on any atom is 0.310 e. The van der Waals surface area contributed by atoms with Crippen LogP contribution in [0.1, 0.15) is 33.4 Å². The van der Waals surface area contributed by atoms with E-state index in [1.54, 1.807) is 13.8 Å². The van der Waals surface area contributed by atoms with Crippen LogP contribution >= 0.6 is 11.3 Å². The number of anilines is 1. The van der Waals surface area contributed by atoms with Crippen molar-refractivity contribution >= 4 is 27.4 Å². The molecule has 7 nitrogen and oxygen atoms in total. The van der Waals surface area contributed by atoms with Gasteiger partial charge in [0.2, 0.25) is 10.1 Å². The maximum atomic E-state index is 12.0. The van der Waals surface area contributed by atoms with Gasteiger partial charge < -0.3 is 10.1 Å². The van der Waals surface area contributed by atoms with Crippen LogP contribution < -0.4 is 10.9 Å². The molecule has 0 amide bonds. The van der Waals surface area contributed by atoms with Gasteiger partial charge in [-0.05, 0) is 27.2 Å². The van der Waals surface area contributed by atoms with Gasteiger partial charge in [0, 0.05) is 17.8 Å². The molecule has 0 aliphatic heterocycles. The second-order valence-electron chi connectivity index (χ2n) is 5.01. The zero-order chi connectivity index (χ0) is 16.3. The first kappa shape index (κ1) is 16.4. The molecule has 2 aromatic rings. The SMILES string of the molecule is CCOC(=O)C(C)C(C)Nc1nn2c(=O)cc(CC)nc2s1. The van der Waals surface area contributed by atoms with Gasteiger partial charge in [-0.15, -0.1) is 5.10 Å². The third-order valence-electron chi connectivity index (χ3n) is 3.42. The number of ether oxygens (including phenoxy) is 1. The lowest BCUT2D eigenvalue weighted by Gasteiger charge is -2.18. The highest BCUT2D eigenvalue weighted by Gasteiger charge is 2.22. The predicted octanol–water partition coefficient (Wildman–Crippen LogP) is 1.71. The Balaban J connectivity index is 2.20. The Kier molecular flexibility index (Phi) is 5.12. The normalized spacial score (nSPS) is 13.8. The van der Waals surface area contributed by atoms with Crippen molar-refractivity contribution in [1.29, 1.82) is 0 Å². The molecule has 0 fully saturated rings. The van der Waals surface area contributed by atoms with Crippen LogP contribution in [0.2, 0.25) is 0 Å². The van der Waals surface area contributed by atoms with Crippen molar-refractivity contribution in [2.24, 2.45) is 5.92 Å². The maximum absolute atomic E-state index is 12.0. The molecule has 120 valence electrons. The third-order valence-corrected chi connectivity index (χ3v) is 4.26. The van der Waals surface area contributed by atoms with Crippen molar-refractivity contribution < 1.29 is 9.53 Å². The van der Waals surface area contributed by atoms with Crippen LogP contribution in [0, 0.1) is 5.92 Å². The zero-order valence-electron chi connectivity index (χ0n) is 13.1. The molecule has 2 unspecified atom stereocenters. The average Bonchev–Trinajstić information content (AvgIpc) is 2.89. The summed E-state index contributed by atoms with van der Waals surface area (Å²) < 4.78 is 6.28. The second kappa shape index (κ2) is 6.87. The van der Waals surface area contributed by atoms with Crippen LogP contribution in [0.25, 0.3) is 4.96 Å². The van der Waals surface area contributed by atoms with Gasteiger partial charge in [-0.2, -0.15) is 4.52 Å². The molecule has 1 N–H and O–H groups in total. The molecule has 0 aromatic carbocycles. The van der Waals surface area contributed by atoms with E-state index in [-0.39, 0.29) is 23.5 Å². The van der Waals surface area contributed by atoms with Gasteiger partial charge in [-0.1, -0.05) is 18.3 Å². The molecule has 0 saturated carbocycles. The lowest BCUT2D eigenvalue weighted by Crippen LogP contribution is -2.31. The van der Waals surface area contributed by atoms with Gasteiger partial charge in [0.25, 0.3) is 5.56 Å². The van der Waals surface area contributed by atoms with E-state index in [9.17, 15) is 9.59 Å². The summed E-state index contributed by atoms with van der Waals surface area (Å²) in [5, 5.41) is 7.91. The molecule has 2 atom stereocenters. The fraction of sp³-hybridized carbons (Fsp3) is 0.571. The molecule has 2 aromatic heterocycles. The van der Waals surface area contributed by atoms with Gasteiger partial charge in [-0.25, -0.2) is 4.98 Å². The monoisotopic (exact) mass is 324 g/mol. The van der Waals surface area contributed by atoms with Crippen molar-refractivity contribution in [2.45, 2.75) is 40.2 Å². The zero-order valence-corrected chi connectivity index (χ0v) is 13.9. The Morgan fingerprint density at radius 2 is 2.18 bits per heavy atom. The highest BCUT2D eigenvalue weighted by Crippen LogP contribution is 2.19. The van der Waals surface area contributed by atoms with Gasteiger partial charge in [0.05, 0.1) is 12.5 Å². The van der Waals surface area contributed by atoms with E-state index in [2.05, 4.69) is 15.4 Å². The minimum Gasteiger partial charge on any atom is -0.466 e. The number of fused-ring (bicyclic) bond motifs is 1. The lowest BCUT2D eigenvalue weighted by atomic mass is 10.0. The number of carbonyl (C=O) groups is 1. The molecule has 2 heterocycles. The van der Waals surface area contributed by atoms with Crippen molar-refractivity contribution in [2.75, 3.05) is 11.9 Å². The van der Waals surface area contributed by atoms with Crippen LogP contribution in [0.3, 0.4) is 0 Å². The molecule has 0 bridgehead atoms. The smallest absolute Gasteiger partial charge is 0.310 e. The molecule has 0 aliphatic carbocycles. The molecule has 0 saturated heterocycles. The standard InChI is InChI=1S/C14H20N4O3S/c1-5-10-7-11(19)18-14(16-10)22-13(17-18)15-9(4)8(3)12(20)21-6-2/h7-9H,5-6H2,1-4H3,(H,15,17). The summed E-state index contributed by atoms with van der Waals surface area (Å²) in [7, 11) is 0. The van der Waals surface area contributed by atoms with Crippen LogP contribution in [-0.4, -0.2) is 33.2 Å². The van der Waals surface area contributed by atoms with E-state index in [4.69, 9.17) is 4.74 Å². The Bertz CT molecular complexity index is 724. The Morgan fingerprint density at radius 3 is 2.82 bits per heavy atom. The highest BCUT2D eigenvalue weighted by molar-refractivity contribution is 7.20. The quantitative estimate of drug-likeness (QED) is 0.814. The first-order chi connectivity index (χ1) is 10.5. The molecule has 0 aliphatic rings. The van der Waals surface area contributed by atoms with Gasteiger partial charge >= 0.3 is 5.97 Å². The number of carbonyl (C=O) groups excluding carboxylic acids is 1. The van der Waals surface area contributed by atoms with E-state index in [1.807, 2.05) is 13.8 Å². The fourth-order valence-electron chi connectivity index (χ4n) is 1.89. The van der Waals surface area contributed by atoms with E-state index < -0.39 is 0 Å². The first-order valence-electron chi connectivity index (χ1n) is 7.29. The topological polar surface area (TPSA) is 85.6 Å². The van der Waals surface area contributed by atoms with Crippen LogP contribution in [0.4, 0.5) is 5.13 Å². The lowest BCUT2D eigenvalue weighted by molar-refractivity contribution is -0.147. The number of aromatic nitrogens is 3. The Morgan fingerprint density at radius 1 is 1.45 bits per heavy atom. The summed E-state index contributed by atoms with van der Waals surface area (Å²) in [6, 6.07) is 1.32. The molecular formula is C14H20N4O3S. The molecule has 0 spiro atoms. The molecular weight excluding hydrogens is 304 g/mol. The molecule has 0 radical (unpaired) electrons. The van der Waals surface area contributed by atoms with Crippen LogP contribution in [-0.2, 0) is 16.0 Å². The van der Waals surface area contributed by atoms with Crippen molar-refractivity contribution in [1.82, 2.24) is 14.6 Å². The third kappa shape index (κ3) is 3.44. The van der Waals surface area contributed by atoms with Crippen LogP contribution in [0.15, 0.2) is 10.9 Å². The number of esters is 1. The van der Waals surface area contributed by atoms with E-state index >= 15 is 0 Å². The molecule has 2 rings (SSSR count). The fourth-order valence-corrected chi connectivity index (χ4v) is 2.81. The van der Waals surface area contributed by atoms with Gasteiger partial charge in [0.1, 0.15) is 0 Å². The van der Waals surface area contributed by atoms with Crippen molar-refractivity contribution in [3.63, 3.8) is 0 Å². The Hall–Kier alpha value is -1.96. The number of nitrogens with zero attached hydrogens (tertiary/aromatic N) is 3. The van der Waals surface area contributed by atoms with Crippen LogP contribution in [0.5, 0.6) is 0 Å². The highest BCUT2D eigenvalue weighted by atomic mass is 32.1. The second-order valence-corrected chi connectivity index (χ2v) is 5.97. The van der Waals surface area contributed by atoms with E-state index in [1.165, 1.54) is 21.9 Å². The number of aryl methyl sites for hydroxylation is 1. The van der Waals surface area contributed by atoms with Gasteiger partial charge in [0.15, 0.2) is 0 Å². The minimum absolute atomic E-state index is 0.166. The number of hydrogen-bond acceptors (Lipinski definition) is 7. The van der Waals surface area contributed by atoms with Gasteiger partial charge in [-0.3, -0.25) is 9.59 Å². The number of nitrogens with one attached hydrogen (secondary N) is 1. The molecule has 22 heavy (non-hydrogen) atoms. The summed E-state index contributed by atoms with van der Waals surface area (Å²) in [4.78, 5) is 28.6. The summed E-state index contributed by atoms with van der Waals surface area (Å²) in [5.74, 6) is -0.574. The van der Waals surface area contributed by atoms with E-state index in [0.717, 1.165) is 5.69 Å². The molecule has 8 heteroatoms. The predicted molar refractivity (Wildman–Crippen MR) is 85.4 cm³/mol. The summed E-state index contributed by atoms with van der Waals surface area (Å²) in [6.45, 7) is 7.75. The van der Waals surface area contributed by atoms with E-state index in [0.29, 0.717) is 23.1 Å². The summed E-state index contributed by atoms with van der Waals surface area (Å²) in [5.41, 5.74) is 0.547. The number of rotatable bonds is 6. The van der Waals surface area contributed by atoms with Crippen molar-refractivity contribution in [3.8, 4) is 0 Å². The average molecular weight is 324 g/mol. The van der Waals surface area contributed by atoms with Crippen molar-refractivity contribution in [3.05, 3.63) is 22.1 Å². The largest absolute Gasteiger partial charge is 0.466 e. The summed E-state index contributed by atoms with van der Waals surface area (Å²) in [6.07, 6.45) is 0.697. The summed E-state index contributed by atoms with van der Waals surface area (Å²) >= 11 is 1.29. The Labute approximate surface area is 132 Å². The first-order valence-corrected chi connectivity index (χ1v) is 8.10. The minimum atomic E-state index is -0.317.